The summed E-state index contributed by atoms with van der Waals surface area (Å²) in [5, 5.41) is 3.19. The van der Waals surface area contributed by atoms with E-state index in [-0.39, 0.29) is 5.82 Å². The molecule has 15 heavy (non-hydrogen) atoms. The van der Waals surface area contributed by atoms with Crippen LogP contribution in [-0.4, -0.2) is 22.5 Å². The van der Waals surface area contributed by atoms with Crippen molar-refractivity contribution in [2.24, 2.45) is 0 Å². The molecule has 2 nitrogen and oxygen atoms in total. The highest BCUT2D eigenvalue weighted by Crippen LogP contribution is 2.07. The summed E-state index contributed by atoms with van der Waals surface area (Å²) in [6.45, 7) is 4.79. The van der Waals surface area contributed by atoms with Crippen LogP contribution in [0.5, 0.6) is 0 Å². The van der Waals surface area contributed by atoms with Gasteiger partial charge in [-0.25, -0.2) is 4.39 Å². The maximum Gasteiger partial charge on any atom is 0.123 e. The second kappa shape index (κ2) is 5.98. The van der Waals surface area contributed by atoms with E-state index in [0.717, 1.165) is 0 Å². The van der Waals surface area contributed by atoms with Crippen molar-refractivity contribution in [1.82, 2.24) is 5.32 Å². The lowest BCUT2D eigenvalue weighted by atomic mass is 10.4. The van der Waals surface area contributed by atoms with Gasteiger partial charge in [-0.2, -0.15) is 0 Å². The molecule has 1 aromatic carbocycles. The molecule has 0 amide bonds. The van der Waals surface area contributed by atoms with Gasteiger partial charge in [0.05, 0.1) is 10.8 Å². The van der Waals surface area contributed by atoms with E-state index in [0.29, 0.717) is 23.2 Å². The van der Waals surface area contributed by atoms with Crippen LogP contribution in [0.15, 0.2) is 29.2 Å². The van der Waals surface area contributed by atoms with Gasteiger partial charge in [-0.1, -0.05) is 13.8 Å². The van der Waals surface area contributed by atoms with Crippen molar-refractivity contribution in [3.8, 4) is 0 Å². The number of hydrogen-bond donors (Lipinski definition) is 1. The van der Waals surface area contributed by atoms with Gasteiger partial charge in [-0.15, -0.1) is 0 Å². The van der Waals surface area contributed by atoms with Gasteiger partial charge in [0.25, 0.3) is 0 Å². The second-order valence-electron chi connectivity index (χ2n) is 3.61. The molecule has 1 unspecified atom stereocenters. The maximum absolute atomic E-state index is 12.6. The van der Waals surface area contributed by atoms with Gasteiger partial charge in [0.15, 0.2) is 0 Å². The molecule has 0 bridgehead atoms. The predicted molar refractivity (Wildman–Crippen MR) is 60.8 cm³/mol. The van der Waals surface area contributed by atoms with Crippen LogP contribution in [-0.2, 0) is 10.8 Å². The summed E-state index contributed by atoms with van der Waals surface area (Å²) >= 11 is 0. The highest BCUT2D eigenvalue weighted by molar-refractivity contribution is 7.85. The Bertz CT molecular complexity index is 324. The van der Waals surface area contributed by atoms with E-state index in [1.807, 2.05) is 13.8 Å². The minimum absolute atomic E-state index is 0.295. The lowest BCUT2D eigenvalue weighted by Crippen LogP contribution is -2.27. The largest absolute Gasteiger partial charge is 0.314 e. The summed E-state index contributed by atoms with van der Waals surface area (Å²) in [5.41, 5.74) is 0. The second-order valence-corrected chi connectivity index (χ2v) is 5.18. The zero-order valence-electron chi connectivity index (χ0n) is 9.00. The third-order valence-electron chi connectivity index (χ3n) is 1.92. The molecule has 4 heteroatoms. The number of benzene rings is 1. The maximum atomic E-state index is 12.6. The van der Waals surface area contributed by atoms with Crippen LogP contribution in [0.1, 0.15) is 13.8 Å². The smallest absolute Gasteiger partial charge is 0.123 e. The van der Waals surface area contributed by atoms with Crippen LogP contribution in [0.25, 0.3) is 0 Å². The summed E-state index contributed by atoms with van der Waals surface area (Å²) in [4.78, 5) is 0.682. The summed E-state index contributed by atoms with van der Waals surface area (Å²) in [5.74, 6) is 0.264. The first-order chi connectivity index (χ1) is 7.09. The zero-order chi connectivity index (χ0) is 11.3. The normalized spacial score (nSPS) is 13.1. The molecule has 0 saturated carbocycles. The molecule has 0 aliphatic carbocycles. The van der Waals surface area contributed by atoms with Crippen molar-refractivity contribution in [2.45, 2.75) is 24.8 Å². The molecular formula is C11H16FNOS. The highest BCUT2D eigenvalue weighted by Gasteiger charge is 2.03. The Balaban J connectivity index is 2.43. The Morgan fingerprint density at radius 2 is 1.93 bits per heavy atom. The standard InChI is InChI=1S/C11H16FNOS/c1-9(2)13-7-8-15(14)11-5-3-10(12)4-6-11/h3-6,9,13H,7-8H2,1-2H3. The lowest BCUT2D eigenvalue weighted by Gasteiger charge is -2.07. The first-order valence-corrected chi connectivity index (χ1v) is 6.29. The van der Waals surface area contributed by atoms with Crippen molar-refractivity contribution in [3.63, 3.8) is 0 Å². The average molecular weight is 229 g/mol. The fourth-order valence-electron chi connectivity index (χ4n) is 1.14. The molecule has 1 rings (SSSR count). The van der Waals surface area contributed by atoms with E-state index < -0.39 is 10.8 Å². The molecule has 0 radical (unpaired) electrons. The van der Waals surface area contributed by atoms with E-state index in [9.17, 15) is 8.60 Å². The molecule has 0 spiro atoms. The van der Waals surface area contributed by atoms with E-state index in [1.54, 1.807) is 12.1 Å². The fraction of sp³-hybridized carbons (Fsp3) is 0.455. The van der Waals surface area contributed by atoms with Crippen LogP contribution in [0, 0.1) is 5.82 Å². The fourth-order valence-corrected chi connectivity index (χ4v) is 2.12. The number of halogens is 1. The lowest BCUT2D eigenvalue weighted by molar-refractivity contribution is 0.610. The summed E-state index contributed by atoms with van der Waals surface area (Å²) in [6, 6.07) is 6.21. The SMILES string of the molecule is CC(C)NCCS(=O)c1ccc(F)cc1. The van der Waals surface area contributed by atoms with Crippen LogP contribution in [0.4, 0.5) is 4.39 Å². The van der Waals surface area contributed by atoms with E-state index in [4.69, 9.17) is 0 Å². The van der Waals surface area contributed by atoms with Gasteiger partial charge in [-0.3, -0.25) is 4.21 Å². The van der Waals surface area contributed by atoms with Crippen LogP contribution in [0.3, 0.4) is 0 Å². The molecule has 0 aliphatic heterocycles. The molecule has 0 heterocycles. The first-order valence-electron chi connectivity index (χ1n) is 4.97. The molecule has 1 atom stereocenters. The zero-order valence-corrected chi connectivity index (χ0v) is 9.81. The first kappa shape index (κ1) is 12.3. The van der Waals surface area contributed by atoms with Crippen molar-refractivity contribution < 1.29 is 8.60 Å². The van der Waals surface area contributed by atoms with Gasteiger partial charge in [0.2, 0.25) is 0 Å². The Hall–Kier alpha value is -0.740. The summed E-state index contributed by atoms with van der Waals surface area (Å²) in [7, 11) is -1.04. The van der Waals surface area contributed by atoms with Gasteiger partial charge in [0.1, 0.15) is 5.82 Å². The molecule has 0 aliphatic rings. The van der Waals surface area contributed by atoms with Gasteiger partial charge >= 0.3 is 0 Å². The minimum atomic E-state index is -1.04. The highest BCUT2D eigenvalue weighted by atomic mass is 32.2. The topological polar surface area (TPSA) is 29.1 Å². The molecule has 0 saturated heterocycles. The number of hydrogen-bond acceptors (Lipinski definition) is 2. The van der Waals surface area contributed by atoms with Gasteiger partial charge in [0, 0.05) is 23.2 Å². The van der Waals surface area contributed by atoms with Crippen LogP contribution in [0.2, 0.25) is 0 Å². The quantitative estimate of drug-likeness (QED) is 0.836. The predicted octanol–water partition coefficient (Wildman–Crippen LogP) is 1.93. The molecular weight excluding hydrogens is 213 g/mol. The Morgan fingerprint density at radius 1 is 1.33 bits per heavy atom. The van der Waals surface area contributed by atoms with Crippen molar-refractivity contribution in [2.75, 3.05) is 12.3 Å². The van der Waals surface area contributed by atoms with Gasteiger partial charge < -0.3 is 5.32 Å². The molecule has 1 aromatic rings. The Morgan fingerprint density at radius 3 is 2.47 bits per heavy atom. The van der Waals surface area contributed by atoms with Crippen molar-refractivity contribution >= 4 is 10.8 Å². The summed E-state index contributed by atoms with van der Waals surface area (Å²) < 4.78 is 24.3. The molecule has 0 fully saturated rings. The third-order valence-corrected chi connectivity index (χ3v) is 3.29. The molecule has 84 valence electrons. The molecule has 0 aromatic heterocycles. The Labute approximate surface area is 92.3 Å². The van der Waals surface area contributed by atoms with E-state index in [1.165, 1.54) is 12.1 Å². The van der Waals surface area contributed by atoms with Gasteiger partial charge in [-0.05, 0) is 24.3 Å². The van der Waals surface area contributed by atoms with Crippen LogP contribution >= 0.6 is 0 Å². The van der Waals surface area contributed by atoms with Crippen LogP contribution < -0.4 is 5.32 Å². The average Bonchev–Trinajstić information content (AvgIpc) is 2.18. The number of rotatable bonds is 5. The van der Waals surface area contributed by atoms with E-state index >= 15 is 0 Å². The monoisotopic (exact) mass is 229 g/mol. The van der Waals surface area contributed by atoms with Crippen molar-refractivity contribution in [3.05, 3.63) is 30.1 Å². The third kappa shape index (κ3) is 4.53. The molecule has 1 N–H and O–H groups in total. The minimum Gasteiger partial charge on any atom is -0.314 e. The summed E-state index contributed by atoms with van der Waals surface area (Å²) in [6.07, 6.45) is 0. The van der Waals surface area contributed by atoms with E-state index in [2.05, 4.69) is 5.32 Å². The number of nitrogens with one attached hydrogen (secondary N) is 1. The Kier molecular flexibility index (Phi) is 4.91. The van der Waals surface area contributed by atoms with Crippen molar-refractivity contribution in [1.29, 1.82) is 0 Å².